The Morgan fingerprint density at radius 2 is 2.04 bits per heavy atom. The molecule has 0 bridgehead atoms. The quantitative estimate of drug-likeness (QED) is 0.510. The Morgan fingerprint density at radius 3 is 2.79 bits per heavy atom. The summed E-state index contributed by atoms with van der Waals surface area (Å²) in [5.74, 6) is 1.14. The number of rotatable bonds is 4. The summed E-state index contributed by atoms with van der Waals surface area (Å²) in [6.07, 6.45) is 6.38. The van der Waals surface area contributed by atoms with Crippen LogP contribution in [0.1, 0.15) is 24.1 Å². The summed E-state index contributed by atoms with van der Waals surface area (Å²) in [6.45, 7) is 3.77. The van der Waals surface area contributed by atoms with Gasteiger partial charge in [-0.1, -0.05) is 23.7 Å². The molecule has 0 aliphatic carbocycles. The lowest BCUT2D eigenvalue weighted by Crippen LogP contribution is -2.12. The highest BCUT2D eigenvalue weighted by molar-refractivity contribution is 7.90. The van der Waals surface area contributed by atoms with E-state index in [9.17, 15) is 8.42 Å². The Morgan fingerprint density at radius 1 is 1.25 bits per heavy atom. The van der Waals surface area contributed by atoms with E-state index >= 15 is 0 Å². The van der Waals surface area contributed by atoms with Crippen molar-refractivity contribution < 1.29 is 8.42 Å². The summed E-state index contributed by atoms with van der Waals surface area (Å²) in [5, 5.41) is 4.55. The fourth-order valence-corrected chi connectivity index (χ4v) is 4.58. The van der Waals surface area contributed by atoms with E-state index in [0.29, 0.717) is 21.6 Å². The van der Waals surface area contributed by atoms with Crippen LogP contribution in [-0.2, 0) is 9.84 Å². The van der Waals surface area contributed by atoms with Crippen molar-refractivity contribution in [3.8, 4) is 0 Å². The molecular weight excluding hydrogens is 398 g/mol. The van der Waals surface area contributed by atoms with Gasteiger partial charge < -0.3 is 5.32 Å². The van der Waals surface area contributed by atoms with E-state index < -0.39 is 9.84 Å². The summed E-state index contributed by atoms with van der Waals surface area (Å²) in [6, 6.07) is 6.84. The van der Waals surface area contributed by atoms with Crippen LogP contribution in [0.4, 0.5) is 5.82 Å². The van der Waals surface area contributed by atoms with Crippen molar-refractivity contribution in [1.82, 2.24) is 19.4 Å². The molecule has 0 fully saturated rings. The first kappa shape index (κ1) is 18.6. The number of fused-ring (bicyclic) bond motifs is 3. The first-order chi connectivity index (χ1) is 13.3. The second-order valence-corrected chi connectivity index (χ2v) is 9.06. The summed E-state index contributed by atoms with van der Waals surface area (Å²) < 4.78 is 25.9. The fraction of sp³-hybridized carbons (Fsp3) is 0.211. The average molecular weight is 416 g/mol. The molecule has 0 aliphatic rings. The second kappa shape index (κ2) is 6.72. The number of benzene rings is 1. The molecule has 0 spiro atoms. The van der Waals surface area contributed by atoms with Gasteiger partial charge in [0, 0.05) is 24.0 Å². The van der Waals surface area contributed by atoms with Crippen molar-refractivity contribution in [3.63, 3.8) is 0 Å². The van der Waals surface area contributed by atoms with Gasteiger partial charge in [0.05, 0.1) is 22.7 Å². The molecule has 28 heavy (non-hydrogen) atoms. The zero-order valence-corrected chi connectivity index (χ0v) is 17.1. The molecule has 0 saturated heterocycles. The van der Waals surface area contributed by atoms with Gasteiger partial charge in [0.1, 0.15) is 11.0 Å². The van der Waals surface area contributed by atoms with Gasteiger partial charge in [0.25, 0.3) is 0 Å². The third kappa shape index (κ3) is 3.18. The Kier molecular flexibility index (Phi) is 4.47. The van der Waals surface area contributed by atoms with Crippen molar-refractivity contribution >= 4 is 43.9 Å². The molecule has 3 aromatic heterocycles. The van der Waals surface area contributed by atoms with Crippen LogP contribution in [0.2, 0.25) is 5.15 Å². The van der Waals surface area contributed by atoms with Crippen LogP contribution in [0, 0.1) is 6.92 Å². The van der Waals surface area contributed by atoms with E-state index in [2.05, 4.69) is 20.3 Å². The van der Waals surface area contributed by atoms with Crippen LogP contribution < -0.4 is 5.32 Å². The average Bonchev–Trinajstić information content (AvgIpc) is 3.09. The summed E-state index contributed by atoms with van der Waals surface area (Å²) in [4.78, 5) is 13.4. The van der Waals surface area contributed by atoms with Gasteiger partial charge in [-0.25, -0.2) is 18.4 Å². The lowest BCUT2D eigenvalue weighted by Gasteiger charge is -2.20. The molecular formula is C19H18ClN5O2S. The zero-order chi connectivity index (χ0) is 20.1. The number of nitrogens with one attached hydrogen (secondary N) is 1. The molecule has 144 valence electrons. The number of imidazole rings is 1. The number of nitrogens with zero attached hydrogens (tertiary/aromatic N) is 4. The van der Waals surface area contributed by atoms with Gasteiger partial charge in [-0.15, -0.1) is 0 Å². The molecule has 1 atom stereocenters. The Labute approximate surface area is 167 Å². The minimum absolute atomic E-state index is 0.193. The maximum Gasteiger partial charge on any atom is 0.236 e. The lowest BCUT2D eigenvalue weighted by molar-refractivity contribution is 0.601. The minimum Gasteiger partial charge on any atom is -0.363 e. The number of sulfone groups is 1. The number of hydrogen-bond acceptors (Lipinski definition) is 6. The number of anilines is 1. The van der Waals surface area contributed by atoms with E-state index in [1.165, 1.54) is 6.26 Å². The van der Waals surface area contributed by atoms with Gasteiger partial charge in [-0.05, 0) is 37.1 Å². The largest absolute Gasteiger partial charge is 0.363 e. The highest BCUT2D eigenvalue weighted by Gasteiger charge is 2.18. The van der Waals surface area contributed by atoms with Crippen molar-refractivity contribution in [2.45, 2.75) is 24.8 Å². The first-order valence-electron chi connectivity index (χ1n) is 8.60. The zero-order valence-electron chi connectivity index (χ0n) is 15.5. The molecule has 9 heteroatoms. The number of hydrogen-bond donors (Lipinski definition) is 1. The highest BCUT2D eigenvalue weighted by Crippen LogP contribution is 2.30. The van der Waals surface area contributed by atoms with Crippen molar-refractivity contribution in [2.75, 3.05) is 11.6 Å². The Balaban J connectivity index is 1.83. The number of halogens is 1. The van der Waals surface area contributed by atoms with E-state index in [1.807, 2.05) is 30.5 Å². The molecule has 1 aromatic carbocycles. The van der Waals surface area contributed by atoms with Gasteiger partial charge >= 0.3 is 0 Å². The topological polar surface area (TPSA) is 89.2 Å². The molecule has 1 N–H and O–H groups in total. The maximum absolute atomic E-state index is 12.1. The molecule has 0 amide bonds. The molecule has 4 aromatic rings. The molecule has 0 saturated carbocycles. The SMILES string of the molecule is Cc1c([C@@H](C)Nc2nc3nccn3c3cnc(Cl)cc23)cccc1S(C)(=O)=O. The molecule has 7 nitrogen and oxygen atoms in total. The van der Waals surface area contributed by atoms with E-state index in [0.717, 1.165) is 22.0 Å². The van der Waals surface area contributed by atoms with E-state index in [4.69, 9.17) is 11.6 Å². The van der Waals surface area contributed by atoms with Crippen LogP contribution in [0.5, 0.6) is 0 Å². The monoisotopic (exact) mass is 415 g/mol. The predicted octanol–water partition coefficient (Wildman–Crippen LogP) is 3.82. The standard InChI is InChI=1S/C19H18ClN5O2S/c1-11-13(5-4-6-16(11)28(3,26)27)12(2)23-18-14-9-17(20)22-10-15(14)25-8-7-21-19(25)24-18/h4-10,12H,1-3H3,(H,21,23,24)/t12-/m1/s1. The van der Waals surface area contributed by atoms with Crippen LogP contribution in [0.15, 0.2) is 47.8 Å². The lowest BCUT2D eigenvalue weighted by atomic mass is 10.0. The Hall–Kier alpha value is -2.71. The molecule has 0 radical (unpaired) electrons. The van der Waals surface area contributed by atoms with Gasteiger partial charge in [0.2, 0.25) is 5.78 Å². The molecule has 0 aliphatic heterocycles. The molecule has 0 unspecified atom stereocenters. The van der Waals surface area contributed by atoms with Gasteiger partial charge in [-0.3, -0.25) is 4.40 Å². The normalized spacial score (nSPS) is 13.1. The summed E-state index contributed by atoms with van der Waals surface area (Å²) in [7, 11) is -3.31. The number of pyridine rings is 1. The minimum atomic E-state index is -3.31. The van der Waals surface area contributed by atoms with Crippen LogP contribution in [0.3, 0.4) is 0 Å². The number of aromatic nitrogens is 4. The molecule has 4 rings (SSSR count). The van der Waals surface area contributed by atoms with Crippen LogP contribution in [0.25, 0.3) is 16.7 Å². The molecule has 3 heterocycles. The maximum atomic E-state index is 12.1. The van der Waals surface area contributed by atoms with Crippen molar-refractivity contribution in [2.24, 2.45) is 0 Å². The van der Waals surface area contributed by atoms with E-state index in [-0.39, 0.29) is 6.04 Å². The van der Waals surface area contributed by atoms with Crippen LogP contribution in [-0.4, -0.2) is 34.0 Å². The fourth-order valence-electron chi connectivity index (χ4n) is 3.43. The van der Waals surface area contributed by atoms with Gasteiger partial charge in [0.15, 0.2) is 9.84 Å². The van der Waals surface area contributed by atoms with E-state index in [1.54, 1.807) is 30.6 Å². The van der Waals surface area contributed by atoms with Crippen LogP contribution >= 0.6 is 11.6 Å². The van der Waals surface area contributed by atoms with Gasteiger partial charge in [-0.2, -0.15) is 4.98 Å². The predicted molar refractivity (Wildman–Crippen MR) is 110 cm³/mol. The van der Waals surface area contributed by atoms with Crippen molar-refractivity contribution in [3.05, 3.63) is 59.1 Å². The summed E-state index contributed by atoms with van der Waals surface area (Å²) >= 11 is 6.11. The second-order valence-electron chi connectivity index (χ2n) is 6.69. The first-order valence-corrected chi connectivity index (χ1v) is 10.9. The third-order valence-electron chi connectivity index (χ3n) is 4.74. The van der Waals surface area contributed by atoms with Crippen molar-refractivity contribution in [1.29, 1.82) is 0 Å². The smallest absolute Gasteiger partial charge is 0.236 e. The third-order valence-corrected chi connectivity index (χ3v) is 6.19. The summed E-state index contributed by atoms with van der Waals surface area (Å²) in [5.41, 5.74) is 2.42. The highest BCUT2D eigenvalue weighted by atomic mass is 35.5. The Bertz CT molecular complexity index is 1320.